The smallest absolute Gasteiger partial charge is 0.266 e. The summed E-state index contributed by atoms with van der Waals surface area (Å²) in [5.74, 6) is 0.482. The molecular weight excluding hydrogens is 622 g/mol. The van der Waals surface area contributed by atoms with Crippen molar-refractivity contribution in [3.05, 3.63) is 89.4 Å². The van der Waals surface area contributed by atoms with Crippen LogP contribution in [-0.2, 0) is 11.4 Å². The monoisotopic (exact) mass is 640 g/mol. The van der Waals surface area contributed by atoms with Gasteiger partial charge in [0.25, 0.3) is 5.91 Å². The van der Waals surface area contributed by atoms with Gasteiger partial charge >= 0.3 is 0 Å². The summed E-state index contributed by atoms with van der Waals surface area (Å²) in [6, 6.07) is 15.8. The third kappa shape index (κ3) is 7.28. The van der Waals surface area contributed by atoms with Crippen molar-refractivity contribution in [3.8, 4) is 17.6 Å². The average Bonchev–Trinajstić information content (AvgIpc) is 2.80. The van der Waals surface area contributed by atoms with Gasteiger partial charge in [0.2, 0.25) is 0 Å². The van der Waals surface area contributed by atoms with E-state index >= 15 is 0 Å². The molecule has 0 spiro atoms. The van der Waals surface area contributed by atoms with E-state index < -0.39 is 5.91 Å². The number of anilines is 1. The topological polar surface area (TPSA) is 71.3 Å². The molecule has 0 aliphatic heterocycles. The van der Waals surface area contributed by atoms with Gasteiger partial charge in [-0.25, -0.2) is 0 Å². The molecule has 3 aromatic carbocycles. The third-order valence-corrected chi connectivity index (χ3v) is 6.47. The molecule has 0 atom stereocenters. The average molecular weight is 642 g/mol. The van der Waals surface area contributed by atoms with Crippen molar-refractivity contribution in [2.45, 2.75) is 20.5 Å². The molecule has 1 N–H and O–H groups in total. The first-order valence-electron chi connectivity index (χ1n) is 10.4. The second-order valence-corrected chi connectivity index (χ2v) is 9.81. The van der Waals surface area contributed by atoms with Crippen LogP contribution in [0.15, 0.2) is 54.1 Å². The van der Waals surface area contributed by atoms with Gasteiger partial charge in [-0.15, -0.1) is 0 Å². The zero-order valence-electron chi connectivity index (χ0n) is 18.8. The molecule has 3 rings (SSSR count). The fourth-order valence-corrected chi connectivity index (χ4v) is 4.51. The molecular formula is C26H20Cl3IN2O3. The van der Waals surface area contributed by atoms with Crippen molar-refractivity contribution in [1.29, 1.82) is 5.26 Å². The van der Waals surface area contributed by atoms with Crippen LogP contribution in [-0.4, -0.2) is 12.5 Å². The second-order valence-electron chi connectivity index (χ2n) is 7.37. The van der Waals surface area contributed by atoms with Crippen LogP contribution in [0.4, 0.5) is 5.69 Å². The number of nitrogens with one attached hydrogen (secondary N) is 1. The van der Waals surface area contributed by atoms with E-state index in [-0.39, 0.29) is 12.2 Å². The number of hydrogen-bond donors (Lipinski definition) is 1. The van der Waals surface area contributed by atoms with E-state index in [4.69, 9.17) is 44.3 Å². The van der Waals surface area contributed by atoms with Gasteiger partial charge in [0.15, 0.2) is 11.5 Å². The lowest BCUT2D eigenvalue weighted by Crippen LogP contribution is -2.14. The number of aryl methyl sites for hydroxylation is 1. The largest absolute Gasteiger partial charge is 0.490 e. The molecule has 9 heteroatoms. The summed E-state index contributed by atoms with van der Waals surface area (Å²) in [5.41, 5.74) is 2.69. The highest BCUT2D eigenvalue weighted by atomic mass is 127. The highest BCUT2D eigenvalue weighted by molar-refractivity contribution is 14.1. The minimum absolute atomic E-state index is 0.0655. The van der Waals surface area contributed by atoms with Crippen LogP contribution in [0.3, 0.4) is 0 Å². The molecule has 5 nitrogen and oxygen atoms in total. The fraction of sp³-hybridized carbons (Fsp3) is 0.154. The lowest BCUT2D eigenvalue weighted by Gasteiger charge is -2.15. The summed E-state index contributed by atoms with van der Waals surface area (Å²) in [7, 11) is 0. The van der Waals surface area contributed by atoms with Gasteiger partial charge in [-0.1, -0.05) is 46.9 Å². The third-order valence-electron chi connectivity index (χ3n) is 4.84. The summed E-state index contributed by atoms with van der Waals surface area (Å²) in [6.45, 7) is 4.32. The molecule has 0 saturated carbocycles. The van der Waals surface area contributed by atoms with Crippen molar-refractivity contribution < 1.29 is 14.3 Å². The molecule has 0 radical (unpaired) electrons. The van der Waals surface area contributed by atoms with Crippen molar-refractivity contribution >= 4 is 75.1 Å². The molecule has 0 bridgehead atoms. The first-order valence-corrected chi connectivity index (χ1v) is 12.7. The highest BCUT2D eigenvalue weighted by Crippen LogP contribution is 2.36. The van der Waals surface area contributed by atoms with Gasteiger partial charge in [-0.05, 0) is 90.0 Å². The van der Waals surface area contributed by atoms with E-state index in [1.807, 2.05) is 19.9 Å². The molecule has 0 aromatic heterocycles. The first-order chi connectivity index (χ1) is 16.7. The van der Waals surface area contributed by atoms with Crippen molar-refractivity contribution in [1.82, 2.24) is 0 Å². The molecule has 0 fully saturated rings. The maximum atomic E-state index is 12.8. The van der Waals surface area contributed by atoms with Gasteiger partial charge in [0.1, 0.15) is 18.2 Å². The van der Waals surface area contributed by atoms with E-state index in [0.29, 0.717) is 44.4 Å². The predicted molar refractivity (Wildman–Crippen MR) is 150 cm³/mol. The highest BCUT2D eigenvalue weighted by Gasteiger charge is 2.16. The maximum Gasteiger partial charge on any atom is 0.266 e. The summed E-state index contributed by atoms with van der Waals surface area (Å²) < 4.78 is 12.6. The Bertz CT molecular complexity index is 1340. The summed E-state index contributed by atoms with van der Waals surface area (Å²) >= 11 is 20.4. The molecule has 180 valence electrons. The Morgan fingerprint density at radius 3 is 2.49 bits per heavy atom. The normalized spacial score (nSPS) is 11.1. The van der Waals surface area contributed by atoms with Crippen LogP contribution >= 0.6 is 57.4 Å². The van der Waals surface area contributed by atoms with Crippen molar-refractivity contribution in [2.24, 2.45) is 0 Å². The van der Waals surface area contributed by atoms with Gasteiger partial charge in [0, 0.05) is 26.3 Å². The predicted octanol–water partition coefficient (Wildman–Crippen LogP) is 8.08. The minimum atomic E-state index is -0.538. The molecule has 0 aliphatic rings. The molecule has 1 amide bonds. The summed E-state index contributed by atoms with van der Waals surface area (Å²) in [6.07, 6.45) is 1.50. The van der Waals surface area contributed by atoms with Crippen LogP contribution in [0.1, 0.15) is 23.6 Å². The SMILES string of the molecule is CCOc1cc(/C=C(\C#N)C(=O)Nc2cc(Cl)ccc2C)cc(I)c1OCc1ccc(Cl)cc1Cl. The fourth-order valence-electron chi connectivity index (χ4n) is 3.10. The number of nitrogens with zero attached hydrogens (tertiary/aromatic N) is 1. The van der Waals surface area contributed by atoms with Crippen LogP contribution in [0.5, 0.6) is 11.5 Å². The standard InChI is InChI=1S/C26H20Cl3IN2O3/c1-3-34-24-10-16(8-18(13-31)26(33)32-23-12-20(28)6-4-15(23)2)9-22(30)25(24)35-14-17-5-7-19(27)11-21(17)29/h4-12H,3,14H2,1-2H3,(H,32,33)/b18-8+. The molecule has 0 heterocycles. The number of benzene rings is 3. The lowest BCUT2D eigenvalue weighted by atomic mass is 10.1. The number of ether oxygens (including phenoxy) is 2. The number of carbonyl (C=O) groups is 1. The van der Waals surface area contributed by atoms with Gasteiger partial charge in [0.05, 0.1) is 10.2 Å². The Morgan fingerprint density at radius 2 is 1.80 bits per heavy atom. The number of amides is 1. The Balaban J connectivity index is 1.87. The van der Waals surface area contributed by atoms with Gasteiger partial charge < -0.3 is 14.8 Å². The van der Waals surface area contributed by atoms with Crippen molar-refractivity contribution in [2.75, 3.05) is 11.9 Å². The number of halogens is 4. The quantitative estimate of drug-likeness (QED) is 0.153. The minimum Gasteiger partial charge on any atom is -0.490 e. The van der Waals surface area contributed by atoms with E-state index in [0.717, 1.165) is 14.7 Å². The number of carbonyl (C=O) groups excluding carboxylic acids is 1. The van der Waals surface area contributed by atoms with Gasteiger partial charge in [-0.3, -0.25) is 4.79 Å². The summed E-state index contributed by atoms with van der Waals surface area (Å²) in [4.78, 5) is 12.8. The van der Waals surface area contributed by atoms with Crippen molar-refractivity contribution in [3.63, 3.8) is 0 Å². The Hall–Kier alpha value is -2.44. The molecule has 0 saturated heterocycles. The molecule has 35 heavy (non-hydrogen) atoms. The van der Waals surface area contributed by atoms with Gasteiger partial charge in [-0.2, -0.15) is 5.26 Å². The zero-order valence-corrected chi connectivity index (χ0v) is 23.2. The molecule has 3 aromatic rings. The Kier molecular flexibility index (Phi) is 9.70. The molecule has 0 unspecified atom stereocenters. The van der Waals surface area contributed by atoms with Crippen LogP contribution in [0.2, 0.25) is 15.1 Å². The van der Waals surface area contributed by atoms with E-state index in [9.17, 15) is 10.1 Å². The first kappa shape index (κ1) is 27.2. The second kappa shape index (κ2) is 12.5. The Labute approximate surface area is 232 Å². The number of hydrogen-bond acceptors (Lipinski definition) is 4. The Morgan fingerprint density at radius 1 is 1.09 bits per heavy atom. The number of rotatable bonds is 8. The summed E-state index contributed by atoms with van der Waals surface area (Å²) in [5, 5.41) is 13.9. The van der Waals surface area contributed by atoms with Crippen LogP contribution < -0.4 is 14.8 Å². The zero-order chi connectivity index (χ0) is 25.5. The van der Waals surface area contributed by atoms with E-state index in [2.05, 4.69) is 27.9 Å². The molecule has 0 aliphatic carbocycles. The van der Waals surface area contributed by atoms with Crippen LogP contribution in [0, 0.1) is 21.8 Å². The lowest BCUT2D eigenvalue weighted by molar-refractivity contribution is -0.112. The van der Waals surface area contributed by atoms with E-state index in [1.54, 1.807) is 48.5 Å². The number of nitriles is 1. The van der Waals surface area contributed by atoms with Crippen LogP contribution in [0.25, 0.3) is 6.08 Å². The van der Waals surface area contributed by atoms with E-state index in [1.165, 1.54) is 6.08 Å². The maximum absolute atomic E-state index is 12.8.